The number of hydrogen-bond acceptors (Lipinski definition) is 4. The number of carbonyl (C=O) groups is 2. The normalized spacial score (nSPS) is 12.3. The van der Waals surface area contributed by atoms with Crippen LogP contribution in [-0.4, -0.2) is 33.0 Å². The minimum Gasteiger partial charge on any atom is -0.347 e. The Bertz CT molecular complexity index is 415. The molecule has 0 heterocycles. The monoisotopic (exact) mass is 279 g/mol. The molecule has 0 aliphatic carbocycles. The van der Waals surface area contributed by atoms with Gasteiger partial charge in [0.15, 0.2) is 0 Å². The van der Waals surface area contributed by atoms with Crippen LogP contribution in [0.5, 0.6) is 0 Å². The Morgan fingerprint density at radius 1 is 1.22 bits per heavy atom. The van der Waals surface area contributed by atoms with Crippen LogP contribution in [-0.2, 0) is 19.6 Å². The molecule has 0 unspecified atom stereocenters. The van der Waals surface area contributed by atoms with E-state index in [1.54, 1.807) is 13.8 Å². The summed E-state index contributed by atoms with van der Waals surface area (Å²) in [6, 6.07) is 0. The Kier molecular flexibility index (Phi) is 5.75. The van der Waals surface area contributed by atoms with Gasteiger partial charge in [-0.3, -0.25) is 15.0 Å². The lowest BCUT2D eigenvalue weighted by atomic mass is 9.80. The van der Waals surface area contributed by atoms with Gasteiger partial charge >= 0.3 is 0 Å². The van der Waals surface area contributed by atoms with Gasteiger partial charge in [0, 0.05) is 5.41 Å². The quantitative estimate of drug-likeness (QED) is 0.563. The van der Waals surface area contributed by atoms with E-state index in [2.05, 4.69) is 5.32 Å². The molecule has 106 valence electrons. The van der Waals surface area contributed by atoms with E-state index in [4.69, 9.17) is 0 Å². The van der Waals surface area contributed by atoms with Crippen LogP contribution in [0.1, 0.15) is 27.7 Å². The molecule has 0 aromatic carbocycles. The number of carbonyl (C=O) groups excluding carboxylic acids is 2. The molecular formula is C10H21N3O4S. The van der Waals surface area contributed by atoms with Crippen molar-refractivity contribution >= 4 is 21.8 Å². The number of sulfonamides is 1. The molecule has 0 aliphatic rings. The van der Waals surface area contributed by atoms with Crippen molar-refractivity contribution in [2.75, 3.05) is 12.8 Å². The summed E-state index contributed by atoms with van der Waals surface area (Å²) < 4.78 is 21.4. The highest BCUT2D eigenvalue weighted by molar-refractivity contribution is 7.88. The minimum atomic E-state index is -3.49. The molecular weight excluding hydrogens is 258 g/mol. The lowest BCUT2D eigenvalue weighted by Gasteiger charge is -2.27. The summed E-state index contributed by atoms with van der Waals surface area (Å²) in [5, 5.41) is 2.45. The molecule has 0 radical (unpaired) electrons. The smallest absolute Gasteiger partial charge is 0.254 e. The van der Waals surface area contributed by atoms with Gasteiger partial charge in [0.25, 0.3) is 5.91 Å². The highest BCUT2D eigenvalue weighted by atomic mass is 32.2. The predicted octanol–water partition coefficient (Wildman–Crippen LogP) is -0.635. The van der Waals surface area contributed by atoms with Crippen LogP contribution in [0, 0.1) is 11.3 Å². The van der Waals surface area contributed by atoms with Gasteiger partial charge in [0.1, 0.15) is 0 Å². The summed E-state index contributed by atoms with van der Waals surface area (Å²) in [7, 11) is -3.49. The fraction of sp³-hybridized carbons (Fsp3) is 0.800. The molecule has 0 bridgehead atoms. The second kappa shape index (κ2) is 6.14. The summed E-state index contributed by atoms with van der Waals surface area (Å²) >= 11 is 0. The standard InChI is InChI=1S/C10H21N3O4S/c1-7(2)10(3,4)9(15)11-6-8(14)12-13-18(5,16)17/h7,13H,6H2,1-5H3,(H,11,15)(H,12,14). The highest BCUT2D eigenvalue weighted by Gasteiger charge is 2.31. The molecule has 0 saturated carbocycles. The van der Waals surface area contributed by atoms with Crippen LogP contribution >= 0.6 is 0 Å². The molecule has 0 atom stereocenters. The van der Waals surface area contributed by atoms with Crippen molar-refractivity contribution in [2.45, 2.75) is 27.7 Å². The van der Waals surface area contributed by atoms with Gasteiger partial charge in [-0.1, -0.05) is 27.7 Å². The van der Waals surface area contributed by atoms with Crippen molar-refractivity contribution in [3.8, 4) is 0 Å². The molecule has 0 aromatic rings. The second-order valence-corrected chi connectivity index (χ2v) is 6.73. The fourth-order valence-electron chi connectivity index (χ4n) is 0.844. The van der Waals surface area contributed by atoms with E-state index in [0.29, 0.717) is 0 Å². The third-order valence-electron chi connectivity index (χ3n) is 2.81. The Morgan fingerprint density at radius 2 is 1.72 bits per heavy atom. The number of nitrogens with one attached hydrogen (secondary N) is 3. The van der Waals surface area contributed by atoms with E-state index in [-0.39, 0.29) is 18.4 Å². The zero-order valence-corrected chi connectivity index (χ0v) is 12.1. The van der Waals surface area contributed by atoms with Gasteiger partial charge in [0.2, 0.25) is 15.9 Å². The largest absolute Gasteiger partial charge is 0.347 e. The first kappa shape index (κ1) is 16.9. The predicted molar refractivity (Wildman–Crippen MR) is 67.8 cm³/mol. The molecule has 3 N–H and O–H groups in total. The van der Waals surface area contributed by atoms with Crippen molar-refractivity contribution in [3.63, 3.8) is 0 Å². The highest BCUT2D eigenvalue weighted by Crippen LogP contribution is 2.25. The summed E-state index contributed by atoms with van der Waals surface area (Å²) in [6.45, 7) is 7.09. The number of amides is 2. The third kappa shape index (κ3) is 5.97. The lowest BCUT2D eigenvalue weighted by molar-refractivity contribution is -0.133. The summed E-state index contributed by atoms with van der Waals surface area (Å²) in [5.41, 5.74) is 1.37. The molecule has 0 saturated heterocycles. The van der Waals surface area contributed by atoms with E-state index < -0.39 is 21.3 Å². The van der Waals surface area contributed by atoms with Crippen molar-refractivity contribution in [1.82, 2.24) is 15.6 Å². The van der Waals surface area contributed by atoms with E-state index in [1.165, 1.54) is 0 Å². The van der Waals surface area contributed by atoms with Crippen LogP contribution in [0.15, 0.2) is 0 Å². The summed E-state index contributed by atoms with van der Waals surface area (Å²) in [4.78, 5) is 24.8. The SMILES string of the molecule is CC(C)C(C)(C)C(=O)NCC(=O)NNS(C)(=O)=O. The van der Waals surface area contributed by atoms with Gasteiger partial charge in [-0.05, 0) is 5.92 Å². The van der Waals surface area contributed by atoms with E-state index >= 15 is 0 Å². The van der Waals surface area contributed by atoms with Gasteiger partial charge in [-0.15, -0.1) is 4.83 Å². The topological polar surface area (TPSA) is 104 Å². The van der Waals surface area contributed by atoms with Crippen LogP contribution in [0.4, 0.5) is 0 Å². The van der Waals surface area contributed by atoms with Crippen LogP contribution in [0.25, 0.3) is 0 Å². The van der Waals surface area contributed by atoms with Gasteiger partial charge in [-0.25, -0.2) is 8.42 Å². The molecule has 0 spiro atoms. The third-order valence-corrected chi connectivity index (χ3v) is 3.29. The van der Waals surface area contributed by atoms with Crippen molar-refractivity contribution in [3.05, 3.63) is 0 Å². The minimum absolute atomic E-state index is 0.120. The van der Waals surface area contributed by atoms with Crippen LogP contribution in [0.3, 0.4) is 0 Å². The maximum absolute atomic E-state index is 11.8. The second-order valence-electron chi connectivity index (χ2n) is 4.98. The molecule has 8 heteroatoms. The fourth-order valence-corrected chi connectivity index (χ4v) is 1.14. The molecule has 0 aliphatic heterocycles. The van der Waals surface area contributed by atoms with E-state index in [1.807, 2.05) is 24.1 Å². The number of rotatable bonds is 6. The first-order valence-corrected chi connectivity index (χ1v) is 7.40. The molecule has 0 fully saturated rings. The first-order valence-electron chi connectivity index (χ1n) is 5.50. The summed E-state index contributed by atoms with van der Waals surface area (Å²) in [6.07, 6.45) is 0.910. The molecule has 0 rings (SSSR count). The van der Waals surface area contributed by atoms with Crippen molar-refractivity contribution in [2.24, 2.45) is 11.3 Å². The Labute approximate surface area is 108 Å². The average Bonchev–Trinajstić information content (AvgIpc) is 2.21. The van der Waals surface area contributed by atoms with Crippen molar-refractivity contribution in [1.29, 1.82) is 0 Å². The van der Waals surface area contributed by atoms with Gasteiger partial charge < -0.3 is 5.32 Å². The zero-order valence-electron chi connectivity index (χ0n) is 11.3. The van der Waals surface area contributed by atoms with Crippen molar-refractivity contribution < 1.29 is 18.0 Å². The van der Waals surface area contributed by atoms with Crippen LogP contribution in [0.2, 0.25) is 0 Å². The van der Waals surface area contributed by atoms with Gasteiger partial charge in [-0.2, -0.15) is 0 Å². The first-order chi connectivity index (χ1) is 7.97. The zero-order chi connectivity index (χ0) is 14.6. The van der Waals surface area contributed by atoms with Crippen LogP contribution < -0.4 is 15.6 Å². The lowest BCUT2D eigenvalue weighted by Crippen LogP contribution is -2.48. The molecule has 7 nitrogen and oxygen atoms in total. The Hall–Kier alpha value is -1.15. The number of hydrogen-bond donors (Lipinski definition) is 3. The Morgan fingerprint density at radius 3 is 2.11 bits per heavy atom. The molecule has 0 aromatic heterocycles. The van der Waals surface area contributed by atoms with E-state index in [0.717, 1.165) is 6.26 Å². The average molecular weight is 279 g/mol. The summed E-state index contributed by atoms with van der Waals surface area (Å²) in [5.74, 6) is -0.768. The van der Waals surface area contributed by atoms with Gasteiger partial charge in [0.05, 0.1) is 12.8 Å². The maximum Gasteiger partial charge on any atom is 0.254 e. The Balaban J connectivity index is 4.19. The van der Waals surface area contributed by atoms with E-state index in [9.17, 15) is 18.0 Å². The molecule has 2 amide bonds. The number of hydrazine groups is 1. The molecule has 18 heavy (non-hydrogen) atoms. The maximum atomic E-state index is 11.8.